The van der Waals surface area contributed by atoms with Gasteiger partial charge in [-0.3, -0.25) is 9.80 Å². The number of hydrogen-bond donors (Lipinski definition) is 1. The molecule has 0 bridgehead atoms. The van der Waals surface area contributed by atoms with Crippen LogP contribution in [0, 0.1) is 11.8 Å². The lowest BCUT2D eigenvalue weighted by molar-refractivity contribution is -0.0430. The second kappa shape index (κ2) is 6.55. The zero-order valence-electron chi connectivity index (χ0n) is 14.2. The molecule has 3 nitrogen and oxygen atoms in total. The highest BCUT2D eigenvalue weighted by molar-refractivity contribution is 5.02. The predicted octanol–water partition coefficient (Wildman–Crippen LogP) is 2.70. The summed E-state index contributed by atoms with van der Waals surface area (Å²) in [6.07, 6.45) is 9.86. The van der Waals surface area contributed by atoms with Crippen LogP contribution in [0.5, 0.6) is 0 Å². The summed E-state index contributed by atoms with van der Waals surface area (Å²) in [6, 6.07) is 0.892. The second-order valence-corrected chi connectivity index (χ2v) is 7.93. The third-order valence-electron chi connectivity index (χ3n) is 7.11. The van der Waals surface area contributed by atoms with Gasteiger partial charge in [0.1, 0.15) is 0 Å². The van der Waals surface area contributed by atoms with Crippen LogP contribution in [-0.4, -0.2) is 54.1 Å². The van der Waals surface area contributed by atoms with Crippen molar-refractivity contribution >= 4 is 0 Å². The first-order valence-corrected chi connectivity index (χ1v) is 9.36. The number of hydrogen-bond acceptors (Lipinski definition) is 3. The summed E-state index contributed by atoms with van der Waals surface area (Å²) in [4.78, 5) is 5.55. The zero-order valence-corrected chi connectivity index (χ0v) is 14.2. The zero-order chi connectivity index (χ0) is 14.9. The molecule has 0 radical (unpaired) electrons. The van der Waals surface area contributed by atoms with E-state index in [0.29, 0.717) is 5.54 Å². The van der Waals surface area contributed by atoms with Gasteiger partial charge in [-0.1, -0.05) is 39.5 Å². The largest absolute Gasteiger partial charge is 0.329 e. The maximum absolute atomic E-state index is 6.32. The lowest BCUT2D eigenvalue weighted by Gasteiger charge is -2.55. The molecule has 0 amide bonds. The first kappa shape index (κ1) is 15.8. The third kappa shape index (κ3) is 2.89. The molecular weight excluding hydrogens is 258 g/mol. The molecule has 3 atom stereocenters. The first-order chi connectivity index (χ1) is 10.2. The van der Waals surface area contributed by atoms with Crippen molar-refractivity contribution in [2.45, 2.75) is 70.4 Å². The Balaban J connectivity index is 1.63. The smallest absolute Gasteiger partial charge is 0.0360 e. The molecule has 1 aliphatic heterocycles. The Kier molecular flexibility index (Phi) is 4.92. The molecule has 2 aliphatic carbocycles. The van der Waals surface area contributed by atoms with Gasteiger partial charge in [0.2, 0.25) is 0 Å². The highest BCUT2D eigenvalue weighted by atomic mass is 15.3. The van der Waals surface area contributed by atoms with Gasteiger partial charge in [-0.25, -0.2) is 0 Å². The van der Waals surface area contributed by atoms with Crippen LogP contribution in [0.15, 0.2) is 0 Å². The normalized spacial score (nSPS) is 40.7. The SMILES string of the molecule is CC1CCCC(CN)(N2CCN(C3CCCC3)CC2)C1C. The summed E-state index contributed by atoms with van der Waals surface area (Å²) >= 11 is 0. The lowest BCUT2D eigenvalue weighted by atomic mass is 9.67. The van der Waals surface area contributed by atoms with Crippen molar-refractivity contribution in [1.82, 2.24) is 9.80 Å². The van der Waals surface area contributed by atoms with Crippen LogP contribution in [0.2, 0.25) is 0 Å². The monoisotopic (exact) mass is 293 g/mol. The third-order valence-corrected chi connectivity index (χ3v) is 7.11. The Hall–Kier alpha value is -0.120. The van der Waals surface area contributed by atoms with Crippen LogP contribution in [0.1, 0.15) is 58.8 Å². The molecule has 0 aromatic rings. The van der Waals surface area contributed by atoms with Crippen molar-refractivity contribution in [3.8, 4) is 0 Å². The van der Waals surface area contributed by atoms with E-state index in [1.165, 1.54) is 71.1 Å². The fourth-order valence-electron chi connectivity index (χ4n) is 5.40. The molecule has 3 fully saturated rings. The van der Waals surface area contributed by atoms with E-state index in [0.717, 1.165) is 24.4 Å². The molecule has 21 heavy (non-hydrogen) atoms. The summed E-state index contributed by atoms with van der Waals surface area (Å²) < 4.78 is 0. The molecule has 1 saturated heterocycles. The Bertz CT molecular complexity index is 331. The van der Waals surface area contributed by atoms with E-state index in [1.807, 2.05) is 0 Å². The predicted molar refractivity (Wildman–Crippen MR) is 89.4 cm³/mol. The minimum absolute atomic E-state index is 0.291. The molecular formula is C18H35N3. The number of nitrogens with two attached hydrogens (primary N) is 1. The van der Waals surface area contributed by atoms with Gasteiger partial charge in [0.05, 0.1) is 0 Å². The molecule has 3 aliphatic rings. The average molecular weight is 293 g/mol. The van der Waals surface area contributed by atoms with Gasteiger partial charge in [0.25, 0.3) is 0 Å². The molecule has 0 spiro atoms. The van der Waals surface area contributed by atoms with Crippen LogP contribution in [0.4, 0.5) is 0 Å². The highest BCUT2D eigenvalue weighted by Crippen LogP contribution is 2.41. The molecule has 3 unspecified atom stereocenters. The number of nitrogens with zero attached hydrogens (tertiary/aromatic N) is 2. The molecule has 3 heteroatoms. The molecule has 3 rings (SSSR count). The van der Waals surface area contributed by atoms with Gasteiger partial charge < -0.3 is 5.73 Å². The maximum Gasteiger partial charge on any atom is 0.0360 e. The van der Waals surface area contributed by atoms with E-state index >= 15 is 0 Å². The van der Waals surface area contributed by atoms with Gasteiger partial charge in [0, 0.05) is 44.3 Å². The van der Waals surface area contributed by atoms with Crippen molar-refractivity contribution in [2.75, 3.05) is 32.7 Å². The van der Waals surface area contributed by atoms with E-state index in [-0.39, 0.29) is 0 Å². The minimum Gasteiger partial charge on any atom is -0.329 e. The molecule has 1 heterocycles. The standard InChI is InChI=1S/C18H35N3/c1-15-6-5-9-18(14-19,16(15)2)21-12-10-20(11-13-21)17-7-3-4-8-17/h15-17H,3-14,19H2,1-2H3. The summed E-state index contributed by atoms with van der Waals surface area (Å²) in [6.45, 7) is 10.8. The molecule has 2 saturated carbocycles. The quantitative estimate of drug-likeness (QED) is 0.868. The van der Waals surface area contributed by atoms with E-state index in [1.54, 1.807) is 0 Å². The lowest BCUT2D eigenvalue weighted by Crippen LogP contribution is -2.65. The maximum atomic E-state index is 6.32. The van der Waals surface area contributed by atoms with E-state index in [2.05, 4.69) is 23.6 Å². The Morgan fingerprint density at radius 1 is 0.952 bits per heavy atom. The van der Waals surface area contributed by atoms with Crippen LogP contribution in [-0.2, 0) is 0 Å². The number of piperazine rings is 1. The van der Waals surface area contributed by atoms with E-state index < -0.39 is 0 Å². The molecule has 0 aromatic carbocycles. The van der Waals surface area contributed by atoms with Gasteiger partial charge >= 0.3 is 0 Å². The van der Waals surface area contributed by atoms with Crippen molar-refractivity contribution in [3.63, 3.8) is 0 Å². The van der Waals surface area contributed by atoms with Crippen molar-refractivity contribution in [1.29, 1.82) is 0 Å². The average Bonchev–Trinajstić information content (AvgIpc) is 3.05. The van der Waals surface area contributed by atoms with E-state index in [9.17, 15) is 0 Å². The minimum atomic E-state index is 0.291. The van der Waals surface area contributed by atoms with Crippen LogP contribution in [0.3, 0.4) is 0 Å². The summed E-state index contributed by atoms with van der Waals surface area (Å²) in [5.74, 6) is 1.57. The summed E-state index contributed by atoms with van der Waals surface area (Å²) in [5, 5.41) is 0. The van der Waals surface area contributed by atoms with Crippen LogP contribution in [0.25, 0.3) is 0 Å². The van der Waals surface area contributed by atoms with Crippen LogP contribution < -0.4 is 5.73 Å². The van der Waals surface area contributed by atoms with Crippen molar-refractivity contribution in [2.24, 2.45) is 17.6 Å². The van der Waals surface area contributed by atoms with E-state index in [4.69, 9.17) is 5.73 Å². The van der Waals surface area contributed by atoms with Crippen LogP contribution >= 0.6 is 0 Å². The van der Waals surface area contributed by atoms with Gasteiger partial charge in [-0.05, 0) is 31.1 Å². The van der Waals surface area contributed by atoms with Gasteiger partial charge in [0.15, 0.2) is 0 Å². The fourth-order valence-corrected chi connectivity index (χ4v) is 5.40. The van der Waals surface area contributed by atoms with Gasteiger partial charge in [-0.2, -0.15) is 0 Å². The van der Waals surface area contributed by atoms with Crippen molar-refractivity contribution < 1.29 is 0 Å². The molecule has 0 aromatic heterocycles. The fraction of sp³-hybridized carbons (Fsp3) is 1.00. The summed E-state index contributed by atoms with van der Waals surface area (Å²) in [7, 11) is 0. The second-order valence-electron chi connectivity index (χ2n) is 7.93. The Morgan fingerprint density at radius 3 is 2.24 bits per heavy atom. The summed E-state index contributed by atoms with van der Waals surface area (Å²) in [5.41, 5.74) is 6.61. The Labute approximate surface area is 131 Å². The molecule has 2 N–H and O–H groups in total. The highest BCUT2D eigenvalue weighted by Gasteiger charge is 2.45. The Morgan fingerprint density at radius 2 is 1.62 bits per heavy atom. The van der Waals surface area contributed by atoms with Crippen molar-refractivity contribution in [3.05, 3.63) is 0 Å². The number of rotatable bonds is 3. The topological polar surface area (TPSA) is 32.5 Å². The van der Waals surface area contributed by atoms with Gasteiger partial charge in [-0.15, -0.1) is 0 Å². The molecule has 122 valence electrons. The first-order valence-electron chi connectivity index (χ1n) is 9.36.